The van der Waals surface area contributed by atoms with E-state index in [1.54, 1.807) is 0 Å². The summed E-state index contributed by atoms with van der Waals surface area (Å²) in [6, 6.07) is 0.355. The highest BCUT2D eigenvalue weighted by molar-refractivity contribution is 5.69. The average molecular weight is 312 g/mol. The molecule has 22 heavy (non-hydrogen) atoms. The van der Waals surface area contributed by atoms with Crippen molar-refractivity contribution in [1.82, 2.24) is 10.2 Å². The van der Waals surface area contributed by atoms with E-state index in [4.69, 9.17) is 4.74 Å². The number of likely N-dealkylation sites (tertiary alicyclic amines) is 1. The number of nitrogens with zero attached hydrogens (tertiary/aromatic N) is 1. The zero-order valence-electron chi connectivity index (χ0n) is 14.3. The number of rotatable bonds is 3. The van der Waals surface area contributed by atoms with E-state index in [0.717, 1.165) is 45.2 Å². The molecule has 3 unspecified atom stereocenters. The third kappa shape index (κ3) is 5.13. The molecule has 0 aromatic rings. The molecule has 1 saturated carbocycles. The minimum Gasteiger partial charge on any atom is -0.444 e. The van der Waals surface area contributed by atoms with Gasteiger partial charge in [-0.25, -0.2) is 4.79 Å². The molecular weight excluding hydrogens is 280 g/mol. The van der Waals surface area contributed by atoms with E-state index in [1.807, 2.05) is 25.7 Å². The summed E-state index contributed by atoms with van der Waals surface area (Å²) in [5, 5.41) is 13.7. The fraction of sp³-hybridized carbons (Fsp3) is 0.941. The van der Waals surface area contributed by atoms with Gasteiger partial charge in [-0.3, -0.25) is 0 Å². The van der Waals surface area contributed by atoms with E-state index in [9.17, 15) is 9.90 Å². The highest BCUT2D eigenvalue weighted by atomic mass is 16.6. The third-order valence-electron chi connectivity index (χ3n) is 4.60. The number of aliphatic hydroxyl groups is 1. The van der Waals surface area contributed by atoms with E-state index in [2.05, 4.69) is 5.32 Å². The topological polar surface area (TPSA) is 61.8 Å². The zero-order chi connectivity index (χ0) is 16.2. The lowest BCUT2D eigenvalue weighted by Crippen LogP contribution is -2.48. The molecule has 0 aromatic carbocycles. The first-order valence-corrected chi connectivity index (χ1v) is 8.78. The lowest BCUT2D eigenvalue weighted by Gasteiger charge is -2.30. The van der Waals surface area contributed by atoms with E-state index >= 15 is 0 Å². The molecule has 0 radical (unpaired) electrons. The third-order valence-corrected chi connectivity index (χ3v) is 4.60. The summed E-state index contributed by atoms with van der Waals surface area (Å²) in [7, 11) is 0. The number of amides is 1. The quantitative estimate of drug-likeness (QED) is 0.787. The number of carbonyl (C=O) groups is 1. The Morgan fingerprint density at radius 1 is 1.18 bits per heavy atom. The van der Waals surface area contributed by atoms with Crippen molar-refractivity contribution in [2.45, 2.75) is 89.5 Å². The molecule has 0 spiro atoms. The minimum atomic E-state index is -0.449. The monoisotopic (exact) mass is 312 g/mol. The lowest BCUT2D eigenvalue weighted by molar-refractivity contribution is 0.0219. The summed E-state index contributed by atoms with van der Waals surface area (Å²) in [6.07, 6.45) is 6.99. The van der Waals surface area contributed by atoms with Crippen LogP contribution in [-0.2, 0) is 4.74 Å². The second kappa shape index (κ2) is 7.64. The first-order chi connectivity index (χ1) is 10.4. The van der Waals surface area contributed by atoms with Gasteiger partial charge in [-0.05, 0) is 46.5 Å². The molecule has 2 N–H and O–H groups in total. The highest BCUT2D eigenvalue weighted by Gasteiger charge is 2.33. The molecule has 5 nitrogen and oxygen atoms in total. The van der Waals surface area contributed by atoms with Gasteiger partial charge in [0.15, 0.2) is 0 Å². The van der Waals surface area contributed by atoms with Crippen LogP contribution in [0.4, 0.5) is 4.79 Å². The Kier molecular flexibility index (Phi) is 6.09. The predicted octanol–water partition coefficient (Wildman–Crippen LogP) is 2.67. The largest absolute Gasteiger partial charge is 0.444 e. The molecule has 128 valence electrons. The maximum atomic E-state index is 12.3. The molecule has 5 heteroatoms. The highest BCUT2D eigenvalue weighted by Crippen LogP contribution is 2.22. The number of aliphatic hydroxyl groups excluding tert-OH is 1. The van der Waals surface area contributed by atoms with Crippen molar-refractivity contribution in [2.24, 2.45) is 0 Å². The van der Waals surface area contributed by atoms with Crippen molar-refractivity contribution >= 4 is 6.09 Å². The summed E-state index contributed by atoms with van der Waals surface area (Å²) in [4.78, 5) is 14.1. The molecule has 2 rings (SSSR count). The van der Waals surface area contributed by atoms with Gasteiger partial charge in [0.2, 0.25) is 0 Å². The fourth-order valence-electron chi connectivity index (χ4n) is 3.42. The van der Waals surface area contributed by atoms with Crippen molar-refractivity contribution < 1.29 is 14.6 Å². The van der Waals surface area contributed by atoms with E-state index in [0.29, 0.717) is 0 Å². The fourth-order valence-corrected chi connectivity index (χ4v) is 3.42. The molecule has 1 saturated heterocycles. The Labute approximate surface area is 134 Å². The smallest absolute Gasteiger partial charge is 0.410 e. The van der Waals surface area contributed by atoms with Gasteiger partial charge < -0.3 is 20.1 Å². The molecule has 0 bridgehead atoms. The molecule has 3 atom stereocenters. The molecule has 2 aliphatic rings. The lowest BCUT2D eigenvalue weighted by atomic mass is 10.1. The molecule has 1 amide bonds. The van der Waals surface area contributed by atoms with Crippen molar-refractivity contribution in [3.63, 3.8) is 0 Å². The number of carbonyl (C=O) groups excluding carboxylic acids is 1. The van der Waals surface area contributed by atoms with Crippen LogP contribution in [0.15, 0.2) is 0 Å². The molecule has 1 heterocycles. The second-order valence-electron chi connectivity index (χ2n) is 7.69. The number of hydrogen-bond acceptors (Lipinski definition) is 4. The molecule has 2 fully saturated rings. The van der Waals surface area contributed by atoms with Crippen LogP contribution in [0, 0.1) is 0 Å². The van der Waals surface area contributed by atoms with Crippen LogP contribution in [0.1, 0.15) is 65.7 Å². The summed E-state index contributed by atoms with van der Waals surface area (Å²) >= 11 is 0. The van der Waals surface area contributed by atoms with Gasteiger partial charge >= 0.3 is 6.09 Å². The van der Waals surface area contributed by atoms with Gasteiger partial charge in [0.25, 0.3) is 0 Å². The average Bonchev–Trinajstić information content (AvgIpc) is 2.79. The van der Waals surface area contributed by atoms with Crippen LogP contribution in [0.5, 0.6) is 0 Å². The van der Waals surface area contributed by atoms with Gasteiger partial charge in [0.1, 0.15) is 5.60 Å². The predicted molar refractivity (Wildman–Crippen MR) is 86.8 cm³/mol. The summed E-state index contributed by atoms with van der Waals surface area (Å²) in [6.45, 7) is 7.22. The molecule has 0 aromatic heterocycles. The van der Waals surface area contributed by atoms with E-state index in [1.165, 1.54) is 12.8 Å². The van der Waals surface area contributed by atoms with Gasteiger partial charge in [0, 0.05) is 25.2 Å². The summed E-state index contributed by atoms with van der Waals surface area (Å²) in [5.74, 6) is 0. The first-order valence-electron chi connectivity index (χ1n) is 8.78. The number of hydrogen-bond donors (Lipinski definition) is 2. The molecular formula is C17H32N2O3. The number of ether oxygens (including phenoxy) is 1. The van der Waals surface area contributed by atoms with Crippen LogP contribution >= 0.6 is 0 Å². The summed E-state index contributed by atoms with van der Waals surface area (Å²) < 4.78 is 5.49. The van der Waals surface area contributed by atoms with Crippen LogP contribution in [0.3, 0.4) is 0 Å². The minimum absolute atomic E-state index is 0.170. The maximum Gasteiger partial charge on any atom is 0.410 e. The van der Waals surface area contributed by atoms with E-state index < -0.39 is 5.60 Å². The SMILES string of the molecule is CC(C)(C)OC(=O)N1CCCC1CNC1CCCCCC1O. The van der Waals surface area contributed by atoms with Crippen molar-refractivity contribution in [2.75, 3.05) is 13.1 Å². The van der Waals surface area contributed by atoms with Crippen molar-refractivity contribution in [1.29, 1.82) is 0 Å². The number of nitrogens with one attached hydrogen (secondary N) is 1. The van der Waals surface area contributed by atoms with Gasteiger partial charge in [-0.1, -0.05) is 19.3 Å². The summed E-state index contributed by atoms with van der Waals surface area (Å²) in [5.41, 5.74) is -0.449. The Bertz CT molecular complexity index is 367. The Balaban J connectivity index is 1.84. The Hall–Kier alpha value is -0.810. The van der Waals surface area contributed by atoms with Crippen molar-refractivity contribution in [3.05, 3.63) is 0 Å². The van der Waals surface area contributed by atoms with Crippen LogP contribution in [0.25, 0.3) is 0 Å². The molecule has 1 aliphatic heterocycles. The van der Waals surface area contributed by atoms with Crippen molar-refractivity contribution in [3.8, 4) is 0 Å². The second-order valence-corrected chi connectivity index (χ2v) is 7.69. The van der Waals surface area contributed by atoms with Gasteiger partial charge in [-0.2, -0.15) is 0 Å². The first kappa shape index (κ1) is 17.5. The van der Waals surface area contributed by atoms with Crippen LogP contribution < -0.4 is 5.32 Å². The Morgan fingerprint density at radius 2 is 1.91 bits per heavy atom. The van der Waals surface area contributed by atoms with Gasteiger partial charge in [0.05, 0.1) is 6.10 Å². The normalized spacial score (nSPS) is 30.2. The van der Waals surface area contributed by atoms with Crippen LogP contribution in [0.2, 0.25) is 0 Å². The van der Waals surface area contributed by atoms with Crippen LogP contribution in [-0.4, -0.2) is 53.0 Å². The van der Waals surface area contributed by atoms with E-state index in [-0.39, 0.29) is 24.3 Å². The molecule has 1 aliphatic carbocycles. The standard InChI is InChI=1S/C17H32N2O3/c1-17(2,3)22-16(21)19-11-7-8-13(19)12-18-14-9-5-4-6-10-15(14)20/h13-15,18,20H,4-12H2,1-3H3. The van der Waals surface area contributed by atoms with Gasteiger partial charge in [-0.15, -0.1) is 0 Å². The zero-order valence-corrected chi connectivity index (χ0v) is 14.3. The Morgan fingerprint density at radius 3 is 2.64 bits per heavy atom. The maximum absolute atomic E-state index is 12.3.